The zero-order valence-electron chi connectivity index (χ0n) is 14.8. The number of aliphatic hydroxyl groups is 1. The Hall–Kier alpha value is -3.07. The molecule has 0 fully saturated rings. The van der Waals surface area contributed by atoms with E-state index in [1.54, 1.807) is 6.08 Å². The van der Waals surface area contributed by atoms with Crippen molar-refractivity contribution in [2.75, 3.05) is 0 Å². The van der Waals surface area contributed by atoms with E-state index in [0.29, 0.717) is 13.0 Å². The minimum atomic E-state index is -0.624. The Morgan fingerprint density at radius 3 is 2.44 bits per heavy atom. The van der Waals surface area contributed by atoms with E-state index in [0.717, 1.165) is 22.3 Å². The number of benzene rings is 2. The Labute approximate surface area is 158 Å². The standard InChI is InChI=1S/C22H21NO4/c1-2-15-7-9-18(10-8-15)19-11-20(22(23)25)27-21(12-19)26-14-17-5-3-16(13-24)4-6-17/h1,3-11,19,21,24H,12-14H2,(H2,23,25)/t19-,21+/m1/s1. The number of rotatable bonds is 6. The molecule has 0 saturated heterocycles. The highest BCUT2D eigenvalue weighted by molar-refractivity contribution is 5.90. The zero-order chi connectivity index (χ0) is 19.2. The number of carbonyl (C=O) groups is 1. The third-order valence-corrected chi connectivity index (χ3v) is 4.45. The number of nitrogens with two attached hydrogens (primary N) is 1. The van der Waals surface area contributed by atoms with Gasteiger partial charge in [-0.2, -0.15) is 0 Å². The van der Waals surface area contributed by atoms with Gasteiger partial charge in [0.15, 0.2) is 5.76 Å². The van der Waals surface area contributed by atoms with Crippen molar-refractivity contribution < 1.29 is 19.4 Å². The lowest BCUT2D eigenvalue weighted by Gasteiger charge is -2.28. The molecular weight excluding hydrogens is 342 g/mol. The number of hydrogen-bond donors (Lipinski definition) is 2. The average molecular weight is 363 g/mol. The topological polar surface area (TPSA) is 81.8 Å². The van der Waals surface area contributed by atoms with Crippen LogP contribution in [0.1, 0.15) is 34.6 Å². The van der Waals surface area contributed by atoms with Crippen molar-refractivity contribution in [2.45, 2.75) is 31.8 Å². The smallest absolute Gasteiger partial charge is 0.283 e. The molecule has 1 aliphatic heterocycles. The van der Waals surface area contributed by atoms with Crippen molar-refractivity contribution in [3.8, 4) is 12.3 Å². The second-order valence-corrected chi connectivity index (χ2v) is 6.34. The lowest BCUT2D eigenvalue weighted by Crippen LogP contribution is -2.29. The molecule has 2 aromatic carbocycles. The summed E-state index contributed by atoms with van der Waals surface area (Å²) in [6.45, 7) is 0.324. The van der Waals surface area contributed by atoms with Crippen molar-refractivity contribution >= 4 is 5.91 Å². The Kier molecular flexibility index (Phi) is 5.92. The number of hydrogen-bond acceptors (Lipinski definition) is 4. The molecule has 27 heavy (non-hydrogen) atoms. The molecule has 0 radical (unpaired) electrons. The zero-order valence-corrected chi connectivity index (χ0v) is 14.8. The minimum Gasteiger partial charge on any atom is -0.459 e. The van der Waals surface area contributed by atoms with Gasteiger partial charge in [0.1, 0.15) is 0 Å². The number of carbonyl (C=O) groups excluding carboxylic acids is 1. The van der Waals surface area contributed by atoms with Crippen molar-refractivity contribution in [2.24, 2.45) is 5.73 Å². The first kappa shape index (κ1) is 18.7. The number of ether oxygens (including phenoxy) is 2. The normalized spacial score (nSPS) is 18.9. The predicted octanol–water partition coefficient (Wildman–Crippen LogP) is 2.58. The molecule has 0 unspecified atom stereocenters. The van der Waals surface area contributed by atoms with Gasteiger partial charge in [-0.15, -0.1) is 6.42 Å². The minimum absolute atomic E-state index is 0.000213. The SMILES string of the molecule is C#Cc1ccc([C@@H]2C=C(C(N)=O)O[C@H](OCc3ccc(CO)cc3)C2)cc1. The van der Waals surface area contributed by atoms with E-state index >= 15 is 0 Å². The molecule has 0 spiro atoms. The van der Waals surface area contributed by atoms with Crippen LogP contribution in [-0.4, -0.2) is 17.3 Å². The highest BCUT2D eigenvalue weighted by Crippen LogP contribution is 2.31. The number of terminal acetylenes is 1. The Morgan fingerprint density at radius 2 is 1.85 bits per heavy atom. The Balaban J connectivity index is 1.71. The molecule has 1 aliphatic rings. The van der Waals surface area contributed by atoms with Crippen LogP contribution in [0.4, 0.5) is 0 Å². The Bertz CT molecular complexity index is 863. The summed E-state index contributed by atoms with van der Waals surface area (Å²) in [6.07, 6.45) is 7.09. The maximum atomic E-state index is 11.6. The van der Waals surface area contributed by atoms with E-state index in [1.807, 2.05) is 48.5 Å². The lowest BCUT2D eigenvalue weighted by molar-refractivity contribution is -0.148. The van der Waals surface area contributed by atoms with E-state index < -0.39 is 12.2 Å². The van der Waals surface area contributed by atoms with E-state index in [1.165, 1.54) is 0 Å². The number of aliphatic hydroxyl groups excluding tert-OH is 1. The van der Waals surface area contributed by atoms with Crippen molar-refractivity contribution in [1.82, 2.24) is 0 Å². The molecule has 5 heteroatoms. The molecule has 138 valence electrons. The fraction of sp³-hybridized carbons (Fsp3) is 0.227. The number of amides is 1. The molecule has 0 saturated carbocycles. The molecule has 3 rings (SSSR count). The van der Waals surface area contributed by atoms with Crippen LogP contribution in [0.5, 0.6) is 0 Å². The molecular formula is C22H21NO4. The first-order valence-corrected chi connectivity index (χ1v) is 8.64. The van der Waals surface area contributed by atoms with Crippen LogP contribution in [0.2, 0.25) is 0 Å². The van der Waals surface area contributed by atoms with Crippen LogP contribution in [-0.2, 0) is 27.5 Å². The van der Waals surface area contributed by atoms with E-state index in [2.05, 4.69) is 5.92 Å². The summed E-state index contributed by atoms with van der Waals surface area (Å²) in [5.74, 6) is 2.00. The fourth-order valence-electron chi connectivity index (χ4n) is 2.92. The van der Waals surface area contributed by atoms with Gasteiger partial charge >= 0.3 is 0 Å². The maximum Gasteiger partial charge on any atom is 0.283 e. The maximum absolute atomic E-state index is 11.6. The number of allylic oxidation sites excluding steroid dienone is 1. The van der Waals surface area contributed by atoms with Gasteiger partial charge in [0.05, 0.1) is 13.2 Å². The predicted molar refractivity (Wildman–Crippen MR) is 101 cm³/mol. The van der Waals surface area contributed by atoms with Gasteiger partial charge in [-0.05, 0) is 34.9 Å². The first-order chi connectivity index (χ1) is 13.1. The van der Waals surface area contributed by atoms with Crippen LogP contribution in [0.25, 0.3) is 0 Å². The summed E-state index contributed by atoms with van der Waals surface area (Å²) in [5, 5.41) is 9.10. The summed E-state index contributed by atoms with van der Waals surface area (Å²) in [5.41, 5.74) is 9.00. The highest BCUT2D eigenvalue weighted by Gasteiger charge is 2.27. The van der Waals surface area contributed by atoms with Crippen molar-refractivity contribution in [1.29, 1.82) is 0 Å². The quantitative estimate of drug-likeness (QED) is 0.773. The summed E-state index contributed by atoms with van der Waals surface area (Å²) in [4.78, 5) is 11.6. The molecule has 0 aliphatic carbocycles. The van der Waals surface area contributed by atoms with Crippen LogP contribution in [0.15, 0.2) is 60.4 Å². The summed E-state index contributed by atoms with van der Waals surface area (Å²) in [7, 11) is 0. The van der Waals surface area contributed by atoms with Crippen LogP contribution >= 0.6 is 0 Å². The lowest BCUT2D eigenvalue weighted by atomic mass is 9.92. The van der Waals surface area contributed by atoms with Crippen molar-refractivity contribution in [3.63, 3.8) is 0 Å². The van der Waals surface area contributed by atoms with Gasteiger partial charge in [0.2, 0.25) is 6.29 Å². The molecule has 2 atom stereocenters. The van der Waals surface area contributed by atoms with Gasteiger partial charge in [-0.25, -0.2) is 0 Å². The summed E-state index contributed by atoms with van der Waals surface area (Å²) in [6, 6.07) is 15.0. The van der Waals surface area contributed by atoms with Gasteiger partial charge in [-0.3, -0.25) is 4.79 Å². The van der Waals surface area contributed by atoms with Crippen LogP contribution in [0, 0.1) is 12.3 Å². The molecule has 0 aromatic heterocycles. The van der Waals surface area contributed by atoms with Crippen molar-refractivity contribution in [3.05, 3.63) is 82.6 Å². The van der Waals surface area contributed by atoms with Crippen LogP contribution in [0.3, 0.4) is 0 Å². The molecule has 1 amide bonds. The fourth-order valence-corrected chi connectivity index (χ4v) is 2.92. The van der Waals surface area contributed by atoms with Gasteiger partial charge < -0.3 is 20.3 Å². The van der Waals surface area contributed by atoms with E-state index in [9.17, 15) is 4.79 Å². The van der Waals surface area contributed by atoms with E-state index in [-0.39, 0.29) is 18.3 Å². The molecule has 3 N–H and O–H groups in total. The molecule has 1 heterocycles. The van der Waals surface area contributed by atoms with E-state index in [4.69, 9.17) is 26.7 Å². The largest absolute Gasteiger partial charge is 0.459 e. The Morgan fingerprint density at radius 1 is 1.19 bits per heavy atom. The summed E-state index contributed by atoms with van der Waals surface area (Å²) >= 11 is 0. The molecule has 5 nitrogen and oxygen atoms in total. The van der Waals surface area contributed by atoms with Gasteiger partial charge in [-0.1, -0.05) is 42.3 Å². The second-order valence-electron chi connectivity index (χ2n) is 6.34. The third-order valence-electron chi connectivity index (χ3n) is 4.45. The monoisotopic (exact) mass is 363 g/mol. The molecule has 0 bridgehead atoms. The third kappa shape index (κ3) is 4.76. The van der Waals surface area contributed by atoms with Gasteiger partial charge in [0, 0.05) is 17.9 Å². The summed E-state index contributed by atoms with van der Waals surface area (Å²) < 4.78 is 11.5. The average Bonchev–Trinajstić information content (AvgIpc) is 2.72. The van der Waals surface area contributed by atoms with Crippen LogP contribution < -0.4 is 5.73 Å². The highest BCUT2D eigenvalue weighted by atomic mass is 16.7. The second kappa shape index (κ2) is 8.54. The van der Waals surface area contributed by atoms with Gasteiger partial charge in [0.25, 0.3) is 5.91 Å². The number of primary amides is 1. The molecule has 2 aromatic rings. The first-order valence-electron chi connectivity index (χ1n) is 8.64.